The highest BCUT2D eigenvalue weighted by atomic mass is 32.2. The van der Waals surface area contributed by atoms with E-state index in [2.05, 4.69) is 10.1 Å². The van der Waals surface area contributed by atoms with Crippen LogP contribution in [0, 0.1) is 18.2 Å². The third-order valence-electron chi connectivity index (χ3n) is 8.37. The summed E-state index contributed by atoms with van der Waals surface area (Å²) in [5.74, 6) is -0.466. The van der Waals surface area contributed by atoms with Crippen molar-refractivity contribution in [3.63, 3.8) is 0 Å². The zero-order valence-electron chi connectivity index (χ0n) is 21.3. The zero-order valence-corrected chi connectivity index (χ0v) is 22.1. The van der Waals surface area contributed by atoms with E-state index in [1.807, 2.05) is 19.1 Å². The summed E-state index contributed by atoms with van der Waals surface area (Å²) in [6.07, 6.45) is 7.91. The van der Waals surface area contributed by atoms with Crippen LogP contribution in [-0.2, 0) is 21.0 Å². The molecule has 1 saturated heterocycles. The van der Waals surface area contributed by atoms with Crippen LogP contribution >= 0.6 is 0 Å². The second kappa shape index (κ2) is 9.54. The number of aryl methyl sites for hydroxylation is 1. The molecule has 0 N–H and O–H groups in total. The number of hydrogen-bond donors (Lipinski definition) is 0. The van der Waals surface area contributed by atoms with Crippen molar-refractivity contribution in [3.8, 4) is 5.69 Å². The van der Waals surface area contributed by atoms with Crippen LogP contribution in [0.5, 0.6) is 0 Å². The van der Waals surface area contributed by atoms with Gasteiger partial charge in [0, 0.05) is 19.4 Å². The topological polar surface area (TPSA) is 91.1 Å². The van der Waals surface area contributed by atoms with E-state index in [4.69, 9.17) is 4.74 Å². The maximum absolute atomic E-state index is 14.3. The maximum atomic E-state index is 14.3. The predicted molar refractivity (Wildman–Crippen MR) is 141 cm³/mol. The first-order valence-electron chi connectivity index (χ1n) is 13.1. The molecule has 0 unspecified atom stereocenters. The molecule has 3 heterocycles. The number of benzene rings is 1. The number of aromatic nitrogens is 3. The van der Waals surface area contributed by atoms with Crippen LogP contribution in [0.25, 0.3) is 11.8 Å². The number of sulfone groups is 1. The molecule has 1 aliphatic heterocycles. The van der Waals surface area contributed by atoms with Crippen molar-refractivity contribution < 1.29 is 22.3 Å². The summed E-state index contributed by atoms with van der Waals surface area (Å²) in [6, 6.07) is 9.75. The molecule has 0 bridgehead atoms. The number of carbonyl (C=O) groups is 1. The predicted octanol–water partition coefficient (Wildman–Crippen LogP) is 4.67. The first-order valence-corrected chi connectivity index (χ1v) is 14.7. The van der Waals surface area contributed by atoms with Crippen molar-refractivity contribution in [3.05, 3.63) is 82.7 Å². The first-order chi connectivity index (χ1) is 18.3. The third kappa shape index (κ3) is 4.22. The number of ether oxygens (including phenoxy) is 1. The number of halogens is 1. The van der Waals surface area contributed by atoms with Crippen molar-refractivity contribution in [2.24, 2.45) is 5.41 Å². The molecule has 38 heavy (non-hydrogen) atoms. The smallest absolute Gasteiger partial charge is 0.191 e. The van der Waals surface area contributed by atoms with E-state index in [9.17, 15) is 17.6 Å². The Hall–Kier alpha value is -3.17. The first kappa shape index (κ1) is 25.1. The summed E-state index contributed by atoms with van der Waals surface area (Å²) < 4.78 is 48.3. The molecule has 3 aromatic rings. The van der Waals surface area contributed by atoms with Gasteiger partial charge in [0.1, 0.15) is 11.5 Å². The van der Waals surface area contributed by atoms with Gasteiger partial charge in [-0.25, -0.2) is 17.5 Å². The van der Waals surface area contributed by atoms with Crippen molar-refractivity contribution >= 4 is 21.7 Å². The number of nitrogens with zero attached hydrogens (tertiary/aromatic N) is 3. The Morgan fingerprint density at radius 1 is 1.11 bits per heavy atom. The van der Waals surface area contributed by atoms with Crippen molar-refractivity contribution in [2.75, 3.05) is 13.2 Å². The van der Waals surface area contributed by atoms with Gasteiger partial charge in [-0.3, -0.25) is 9.78 Å². The highest BCUT2D eigenvalue weighted by molar-refractivity contribution is 7.92. The van der Waals surface area contributed by atoms with Gasteiger partial charge in [0.2, 0.25) is 0 Å². The van der Waals surface area contributed by atoms with Crippen LogP contribution in [0.1, 0.15) is 59.4 Å². The van der Waals surface area contributed by atoms with Crippen LogP contribution in [0.2, 0.25) is 0 Å². The fraction of sp³-hybridized carbons (Fsp3) is 0.414. The van der Waals surface area contributed by atoms with Gasteiger partial charge in [-0.1, -0.05) is 5.57 Å². The summed E-state index contributed by atoms with van der Waals surface area (Å²) in [6.45, 7) is 2.81. The molecule has 2 aromatic heterocycles. The van der Waals surface area contributed by atoms with E-state index in [0.29, 0.717) is 51.0 Å². The van der Waals surface area contributed by atoms with Crippen LogP contribution in [0.4, 0.5) is 4.39 Å². The summed E-state index contributed by atoms with van der Waals surface area (Å²) in [7, 11) is -3.45. The highest BCUT2D eigenvalue weighted by Gasteiger charge is 2.52. The molecule has 2 atom stereocenters. The molecule has 2 aliphatic carbocycles. The number of fused-ring (bicyclic) bond motifs is 2. The summed E-state index contributed by atoms with van der Waals surface area (Å²) in [5.41, 5.74) is 3.62. The molecule has 0 spiro atoms. The quantitative estimate of drug-likeness (QED) is 0.441. The normalized spacial score (nSPS) is 23.8. The highest BCUT2D eigenvalue weighted by Crippen LogP contribution is 2.51. The van der Waals surface area contributed by atoms with E-state index in [-0.39, 0.29) is 18.0 Å². The average Bonchev–Trinajstić information content (AvgIpc) is 3.34. The van der Waals surface area contributed by atoms with E-state index in [1.165, 1.54) is 12.1 Å². The lowest BCUT2D eigenvalue weighted by Crippen LogP contribution is -2.48. The standard InChI is InChI=1S/C29H30FN3O4S/c1-19-8-11-31-26(14-19)28(34)29-16-20-18-32-33(23-5-3-22(30)4-6-23)27(20)15-21(29)2-7-25(17-29)38(35,36)24-9-12-37-13-10-24/h3-6,8,11,14-15,18,24-25H,2,7,9-10,12-13,16-17H2,1H3/t25-,29-/m0/s1. The van der Waals surface area contributed by atoms with Crippen LogP contribution in [0.15, 0.2) is 54.4 Å². The molecule has 1 saturated carbocycles. The summed E-state index contributed by atoms with van der Waals surface area (Å²) in [5, 5.41) is 3.52. The summed E-state index contributed by atoms with van der Waals surface area (Å²) >= 11 is 0. The Kier molecular flexibility index (Phi) is 6.31. The van der Waals surface area contributed by atoms with Crippen molar-refractivity contribution in [1.82, 2.24) is 14.8 Å². The Balaban J connectivity index is 1.43. The maximum Gasteiger partial charge on any atom is 0.191 e. The Labute approximate surface area is 221 Å². The van der Waals surface area contributed by atoms with Crippen LogP contribution < -0.4 is 0 Å². The average molecular weight is 536 g/mol. The second-order valence-corrected chi connectivity index (χ2v) is 13.2. The minimum Gasteiger partial charge on any atom is -0.381 e. The largest absolute Gasteiger partial charge is 0.381 e. The van der Waals surface area contributed by atoms with Gasteiger partial charge in [-0.05, 0) is 99.0 Å². The number of hydrogen-bond acceptors (Lipinski definition) is 6. The molecule has 0 amide bonds. The number of allylic oxidation sites excluding steroid dienone is 1. The van der Waals surface area contributed by atoms with Gasteiger partial charge in [0.05, 0.1) is 33.5 Å². The molecule has 2 fully saturated rings. The Bertz CT molecular complexity index is 1520. The van der Waals surface area contributed by atoms with Gasteiger partial charge in [0.15, 0.2) is 15.6 Å². The van der Waals surface area contributed by atoms with Crippen molar-refractivity contribution in [2.45, 2.75) is 55.9 Å². The SMILES string of the molecule is Cc1ccnc(C(=O)[C@]23Cc4cnn(-c5ccc(F)cc5)c4C=C2CC[C@H](S(=O)(=O)C2CCOCC2)C3)c1. The summed E-state index contributed by atoms with van der Waals surface area (Å²) in [4.78, 5) is 18.7. The van der Waals surface area contributed by atoms with Crippen molar-refractivity contribution in [1.29, 1.82) is 0 Å². The van der Waals surface area contributed by atoms with Gasteiger partial charge in [-0.15, -0.1) is 0 Å². The number of rotatable bonds is 5. The van der Waals surface area contributed by atoms with E-state index >= 15 is 0 Å². The lowest BCUT2D eigenvalue weighted by atomic mass is 9.61. The van der Waals surface area contributed by atoms with Crippen LogP contribution in [0.3, 0.4) is 0 Å². The fourth-order valence-electron chi connectivity index (χ4n) is 6.32. The van der Waals surface area contributed by atoms with E-state index < -0.39 is 25.8 Å². The number of carbonyl (C=O) groups excluding carboxylic acids is 1. The molecule has 6 rings (SSSR count). The Morgan fingerprint density at radius 2 is 1.87 bits per heavy atom. The molecule has 9 heteroatoms. The number of Topliss-reactive ketones (excluding diaryl/α,β-unsaturated/α-hetero) is 1. The van der Waals surface area contributed by atoms with E-state index in [0.717, 1.165) is 28.1 Å². The minimum absolute atomic E-state index is 0.139. The molecule has 7 nitrogen and oxygen atoms in total. The minimum atomic E-state index is -3.45. The molecular formula is C29H30FN3O4S. The van der Waals surface area contributed by atoms with Gasteiger partial charge in [-0.2, -0.15) is 5.10 Å². The fourth-order valence-corrected chi connectivity index (χ4v) is 8.67. The zero-order chi connectivity index (χ0) is 26.5. The third-order valence-corrected chi connectivity index (χ3v) is 11.1. The lowest BCUT2D eigenvalue weighted by molar-refractivity contribution is 0.0794. The number of pyridine rings is 1. The molecular weight excluding hydrogens is 505 g/mol. The molecule has 0 radical (unpaired) electrons. The van der Waals surface area contributed by atoms with Crippen LogP contribution in [-0.4, -0.2) is 52.7 Å². The second-order valence-electron chi connectivity index (χ2n) is 10.7. The molecule has 198 valence electrons. The monoisotopic (exact) mass is 535 g/mol. The van der Waals surface area contributed by atoms with Gasteiger partial charge in [0.25, 0.3) is 0 Å². The lowest BCUT2D eigenvalue weighted by Gasteiger charge is -2.44. The molecule has 1 aromatic carbocycles. The molecule has 3 aliphatic rings. The number of ketones is 1. The van der Waals surface area contributed by atoms with Gasteiger partial charge >= 0.3 is 0 Å². The Morgan fingerprint density at radius 3 is 2.61 bits per heavy atom. The van der Waals surface area contributed by atoms with Gasteiger partial charge < -0.3 is 4.74 Å². The van der Waals surface area contributed by atoms with E-state index in [1.54, 1.807) is 35.3 Å².